The van der Waals surface area contributed by atoms with E-state index in [1.165, 1.54) is 11.8 Å². The van der Waals surface area contributed by atoms with E-state index in [2.05, 4.69) is 4.99 Å². The second-order valence-corrected chi connectivity index (χ2v) is 7.03. The predicted molar refractivity (Wildman–Crippen MR) is 111 cm³/mol. The summed E-state index contributed by atoms with van der Waals surface area (Å²) in [5.74, 6) is 1.23. The molecule has 1 fully saturated rings. The molecule has 0 unspecified atom stereocenters. The molecule has 140 valence electrons. The molecular formula is C20H19ClN2O3S. The molecule has 1 aliphatic rings. The van der Waals surface area contributed by atoms with Crippen LogP contribution in [-0.2, 0) is 4.79 Å². The van der Waals surface area contributed by atoms with Gasteiger partial charge in [0.15, 0.2) is 5.17 Å². The Kier molecular flexibility index (Phi) is 6.08. The molecule has 0 spiro atoms. The summed E-state index contributed by atoms with van der Waals surface area (Å²) in [5.41, 5.74) is 1.43. The number of ether oxygens (including phenoxy) is 2. The number of carbonyl (C=O) groups is 1. The fourth-order valence-electron chi connectivity index (χ4n) is 2.59. The molecule has 0 aromatic heterocycles. The molecule has 5 nitrogen and oxygen atoms in total. The zero-order chi connectivity index (χ0) is 19.4. The number of hydrogen-bond acceptors (Lipinski definition) is 5. The average molecular weight is 403 g/mol. The van der Waals surface area contributed by atoms with Gasteiger partial charge >= 0.3 is 0 Å². The molecule has 2 aromatic rings. The Balaban J connectivity index is 1.98. The molecule has 1 amide bonds. The normalized spacial score (nSPS) is 17.0. The van der Waals surface area contributed by atoms with Crippen molar-refractivity contribution in [1.29, 1.82) is 0 Å². The summed E-state index contributed by atoms with van der Waals surface area (Å²) in [6.07, 6.45) is 1.81. The third-order valence-corrected chi connectivity index (χ3v) is 5.33. The SMILES string of the molecule is CCN1C(=O)/C(=C\c2ccc(OC)cc2OC)SC1=Nc1ccccc1Cl. The zero-order valence-corrected chi connectivity index (χ0v) is 16.8. The minimum absolute atomic E-state index is 0.0915. The summed E-state index contributed by atoms with van der Waals surface area (Å²) in [7, 11) is 3.18. The number of carbonyl (C=O) groups excluding carboxylic acids is 1. The van der Waals surface area contributed by atoms with Crippen molar-refractivity contribution in [3.05, 3.63) is 58.0 Å². The number of amidine groups is 1. The molecule has 0 bridgehead atoms. The van der Waals surface area contributed by atoms with E-state index in [1.54, 1.807) is 31.3 Å². The first-order valence-corrected chi connectivity index (χ1v) is 9.53. The second kappa shape index (κ2) is 8.50. The molecule has 2 aromatic carbocycles. The highest BCUT2D eigenvalue weighted by Gasteiger charge is 2.32. The van der Waals surface area contributed by atoms with Crippen LogP contribution in [0.25, 0.3) is 6.08 Å². The first kappa shape index (κ1) is 19.3. The lowest BCUT2D eigenvalue weighted by Gasteiger charge is -2.12. The Bertz CT molecular complexity index is 927. The topological polar surface area (TPSA) is 51.1 Å². The van der Waals surface area contributed by atoms with Crippen molar-refractivity contribution in [2.45, 2.75) is 6.92 Å². The minimum atomic E-state index is -0.0915. The fourth-order valence-corrected chi connectivity index (χ4v) is 3.82. The standard InChI is InChI=1S/C20H19ClN2O3S/c1-4-23-19(24)18(11-13-9-10-14(25-2)12-17(13)26-3)27-20(23)22-16-8-6-5-7-15(16)21/h5-12H,4H2,1-3H3/b18-11+,22-20?. The van der Waals surface area contributed by atoms with E-state index in [0.717, 1.165) is 5.56 Å². The van der Waals surface area contributed by atoms with E-state index in [4.69, 9.17) is 21.1 Å². The molecule has 1 saturated heterocycles. The van der Waals surface area contributed by atoms with Crippen LogP contribution in [0, 0.1) is 0 Å². The number of nitrogens with zero attached hydrogens (tertiary/aromatic N) is 2. The maximum absolute atomic E-state index is 12.8. The van der Waals surface area contributed by atoms with Gasteiger partial charge < -0.3 is 9.47 Å². The van der Waals surface area contributed by atoms with E-state index in [1.807, 2.05) is 43.3 Å². The number of aliphatic imine (C=N–C) groups is 1. The highest BCUT2D eigenvalue weighted by molar-refractivity contribution is 8.18. The number of methoxy groups -OCH3 is 2. The molecule has 0 radical (unpaired) electrons. The van der Waals surface area contributed by atoms with Crippen LogP contribution < -0.4 is 9.47 Å². The number of likely N-dealkylation sites (N-methyl/N-ethyl adjacent to an activating group) is 1. The molecule has 27 heavy (non-hydrogen) atoms. The van der Waals surface area contributed by atoms with Crippen LogP contribution in [-0.4, -0.2) is 36.7 Å². The van der Waals surface area contributed by atoms with Crippen LogP contribution >= 0.6 is 23.4 Å². The van der Waals surface area contributed by atoms with Crippen molar-refractivity contribution >= 4 is 46.2 Å². The largest absolute Gasteiger partial charge is 0.497 e. The first-order valence-electron chi connectivity index (χ1n) is 8.34. The van der Waals surface area contributed by atoms with Crippen molar-refractivity contribution in [2.75, 3.05) is 20.8 Å². The van der Waals surface area contributed by atoms with Gasteiger partial charge in [-0.1, -0.05) is 23.7 Å². The van der Waals surface area contributed by atoms with Gasteiger partial charge in [-0.3, -0.25) is 9.69 Å². The molecule has 0 aliphatic carbocycles. The Morgan fingerprint density at radius 2 is 1.96 bits per heavy atom. The summed E-state index contributed by atoms with van der Waals surface area (Å²) in [4.78, 5) is 19.6. The Hall–Kier alpha value is -2.44. The molecule has 0 atom stereocenters. The zero-order valence-electron chi connectivity index (χ0n) is 15.2. The van der Waals surface area contributed by atoms with Gasteiger partial charge in [0, 0.05) is 18.2 Å². The molecule has 1 heterocycles. The molecule has 7 heteroatoms. The number of amides is 1. The van der Waals surface area contributed by atoms with Gasteiger partial charge in [-0.15, -0.1) is 0 Å². The summed E-state index contributed by atoms with van der Waals surface area (Å²) in [5, 5.41) is 1.15. The smallest absolute Gasteiger partial charge is 0.266 e. The third-order valence-electron chi connectivity index (χ3n) is 4.00. The van der Waals surface area contributed by atoms with Crippen molar-refractivity contribution < 1.29 is 14.3 Å². The summed E-state index contributed by atoms with van der Waals surface area (Å²) < 4.78 is 10.6. The number of hydrogen-bond donors (Lipinski definition) is 0. The van der Waals surface area contributed by atoms with Crippen LogP contribution in [0.15, 0.2) is 52.4 Å². The number of thioether (sulfide) groups is 1. The van der Waals surface area contributed by atoms with Gasteiger partial charge in [-0.25, -0.2) is 4.99 Å². The first-order chi connectivity index (χ1) is 13.1. The predicted octanol–water partition coefficient (Wildman–Crippen LogP) is 4.98. The molecule has 1 aliphatic heterocycles. The van der Waals surface area contributed by atoms with Crippen molar-refractivity contribution in [2.24, 2.45) is 4.99 Å². The Labute approximate surface area is 167 Å². The number of halogens is 1. The highest BCUT2D eigenvalue weighted by atomic mass is 35.5. The highest BCUT2D eigenvalue weighted by Crippen LogP contribution is 2.37. The van der Waals surface area contributed by atoms with E-state index < -0.39 is 0 Å². The Morgan fingerprint density at radius 3 is 2.63 bits per heavy atom. The van der Waals surface area contributed by atoms with Crippen molar-refractivity contribution in [1.82, 2.24) is 4.90 Å². The van der Waals surface area contributed by atoms with Crippen LogP contribution in [0.3, 0.4) is 0 Å². The van der Waals surface area contributed by atoms with Gasteiger partial charge in [0.05, 0.1) is 29.8 Å². The van der Waals surface area contributed by atoms with Gasteiger partial charge in [0.25, 0.3) is 5.91 Å². The molecule has 0 N–H and O–H groups in total. The summed E-state index contributed by atoms with van der Waals surface area (Å²) in [6.45, 7) is 2.43. The maximum atomic E-state index is 12.8. The van der Waals surface area contributed by atoms with Crippen LogP contribution in [0.4, 0.5) is 5.69 Å². The number of benzene rings is 2. The van der Waals surface area contributed by atoms with Crippen molar-refractivity contribution in [3.63, 3.8) is 0 Å². The summed E-state index contributed by atoms with van der Waals surface area (Å²) in [6, 6.07) is 12.8. The number of para-hydroxylation sites is 1. The molecule has 0 saturated carbocycles. The average Bonchev–Trinajstić information content (AvgIpc) is 2.98. The quantitative estimate of drug-likeness (QED) is 0.662. The third kappa shape index (κ3) is 4.12. The Morgan fingerprint density at radius 1 is 1.19 bits per heavy atom. The van der Waals surface area contributed by atoms with Crippen LogP contribution in [0.5, 0.6) is 11.5 Å². The van der Waals surface area contributed by atoms with Crippen LogP contribution in [0.2, 0.25) is 5.02 Å². The fraction of sp³-hybridized carbons (Fsp3) is 0.200. The van der Waals surface area contributed by atoms with Gasteiger partial charge in [0.2, 0.25) is 0 Å². The number of rotatable bonds is 5. The molecule has 3 rings (SSSR count). The minimum Gasteiger partial charge on any atom is -0.497 e. The van der Waals surface area contributed by atoms with E-state index >= 15 is 0 Å². The van der Waals surface area contributed by atoms with Gasteiger partial charge in [-0.2, -0.15) is 0 Å². The van der Waals surface area contributed by atoms with E-state index in [-0.39, 0.29) is 5.91 Å². The summed E-state index contributed by atoms with van der Waals surface area (Å²) >= 11 is 7.52. The monoisotopic (exact) mass is 402 g/mol. The second-order valence-electron chi connectivity index (χ2n) is 5.61. The lowest BCUT2D eigenvalue weighted by Crippen LogP contribution is -2.28. The van der Waals surface area contributed by atoms with Crippen molar-refractivity contribution in [3.8, 4) is 11.5 Å². The van der Waals surface area contributed by atoms with Gasteiger partial charge in [-0.05, 0) is 49.0 Å². The van der Waals surface area contributed by atoms with E-state index in [0.29, 0.717) is 38.8 Å². The lowest BCUT2D eigenvalue weighted by atomic mass is 10.1. The van der Waals surface area contributed by atoms with E-state index in [9.17, 15) is 4.79 Å². The van der Waals surface area contributed by atoms with Gasteiger partial charge in [0.1, 0.15) is 11.5 Å². The lowest BCUT2D eigenvalue weighted by molar-refractivity contribution is -0.122. The maximum Gasteiger partial charge on any atom is 0.266 e. The molecular weight excluding hydrogens is 384 g/mol. The van der Waals surface area contributed by atoms with Crippen LogP contribution in [0.1, 0.15) is 12.5 Å².